The van der Waals surface area contributed by atoms with Crippen LogP contribution in [0.25, 0.3) is 0 Å². The van der Waals surface area contributed by atoms with Crippen LogP contribution in [0.15, 0.2) is 39.4 Å². The van der Waals surface area contributed by atoms with Crippen LogP contribution in [-0.2, 0) is 0 Å². The number of hydrogen-bond acceptors (Lipinski definition) is 3. The Labute approximate surface area is 113 Å². The summed E-state index contributed by atoms with van der Waals surface area (Å²) in [5.41, 5.74) is 6.95. The Balaban J connectivity index is 2.31. The van der Waals surface area contributed by atoms with E-state index < -0.39 is 0 Å². The van der Waals surface area contributed by atoms with E-state index in [9.17, 15) is 0 Å². The first-order valence-electron chi connectivity index (χ1n) is 4.96. The van der Waals surface area contributed by atoms with Gasteiger partial charge in [-0.1, -0.05) is 17.7 Å². The third kappa shape index (κ3) is 2.65. The Morgan fingerprint density at radius 3 is 2.65 bits per heavy atom. The molecule has 0 radical (unpaired) electrons. The Morgan fingerprint density at radius 1 is 1.35 bits per heavy atom. The summed E-state index contributed by atoms with van der Waals surface area (Å²) in [5, 5.41) is 0.533. The molecule has 1 unspecified atom stereocenters. The molecule has 2 rings (SSSR count). The highest BCUT2D eigenvalue weighted by atomic mass is 79.9. The number of methoxy groups -OCH3 is 1. The summed E-state index contributed by atoms with van der Waals surface area (Å²) in [6.07, 6.45) is 0. The van der Waals surface area contributed by atoms with Crippen LogP contribution in [0.3, 0.4) is 0 Å². The maximum Gasteiger partial charge on any atom is 0.169 e. The third-order valence-electron chi connectivity index (χ3n) is 2.44. The zero-order valence-corrected chi connectivity index (χ0v) is 11.5. The molecule has 90 valence electrons. The third-order valence-corrected chi connectivity index (χ3v) is 3.16. The lowest BCUT2D eigenvalue weighted by Gasteiger charge is -2.11. The molecule has 2 aromatic rings. The monoisotopic (exact) mass is 315 g/mol. The smallest absolute Gasteiger partial charge is 0.169 e. The minimum Gasteiger partial charge on any atom is -0.495 e. The molecule has 1 atom stereocenters. The summed E-state index contributed by atoms with van der Waals surface area (Å²) in [4.78, 5) is 0. The molecule has 5 heteroatoms. The van der Waals surface area contributed by atoms with Crippen molar-refractivity contribution >= 4 is 27.5 Å². The molecule has 0 bridgehead atoms. The summed E-state index contributed by atoms with van der Waals surface area (Å²) in [7, 11) is 1.57. The normalized spacial score (nSPS) is 12.5. The van der Waals surface area contributed by atoms with Gasteiger partial charge >= 0.3 is 0 Å². The highest BCUT2D eigenvalue weighted by molar-refractivity contribution is 9.10. The minimum atomic E-state index is -0.343. The largest absolute Gasteiger partial charge is 0.495 e. The predicted molar refractivity (Wildman–Crippen MR) is 70.4 cm³/mol. The fourth-order valence-electron chi connectivity index (χ4n) is 1.54. The van der Waals surface area contributed by atoms with Gasteiger partial charge < -0.3 is 14.9 Å². The summed E-state index contributed by atoms with van der Waals surface area (Å²) >= 11 is 9.29. The average Bonchev–Trinajstić information content (AvgIpc) is 2.75. The van der Waals surface area contributed by atoms with Gasteiger partial charge in [-0.15, -0.1) is 0 Å². The molecule has 0 fully saturated rings. The van der Waals surface area contributed by atoms with Gasteiger partial charge in [-0.2, -0.15) is 0 Å². The number of furan rings is 1. The molecule has 1 aromatic heterocycles. The molecule has 3 nitrogen and oxygen atoms in total. The highest BCUT2D eigenvalue weighted by Gasteiger charge is 2.14. The van der Waals surface area contributed by atoms with Crippen LogP contribution in [0.2, 0.25) is 5.02 Å². The van der Waals surface area contributed by atoms with Crippen LogP contribution in [0.1, 0.15) is 17.4 Å². The van der Waals surface area contributed by atoms with Crippen LogP contribution < -0.4 is 10.5 Å². The lowest BCUT2D eigenvalue weighted by Crippen LogP contribution is -2.10. The Morgan fingerprint density at radius 2 is 2.12 bits per heavy atom. The zero-order chi connectivity index (χ0) is 12.4. The summed E-state index contributed by atoms with van der Waals surface area (Å²) in [6.45, 7) is 0. The van der Waals surface area contributed by atoms with E-state index in [0.717, 1.165) is 5.56 Å². The van der Waals surface area contributed by atoms with Crippen molar-refractivity contribution in [2.45, 2.75) is 6.04 Å². The first kappa shape index (κ1) is 12.5. The molecule has 0 saturated heterocycles. The van der Waals surface area contributed by atoms with Crippen LogP contribution >= 0.6 is 27.5 Å². The van der Waals surface area contributed by atoms with Gasteiger partial charge in [-0.05, 0) is 45.8 Å². The van der Waals surface area contributed by atoms with Gasteiger partial charge in [0, 0.05) is 0 Å². The number of hydrogen-bond donors (Lipinski definition) is 1. The number of ether oxygens (including phenoxy) is 1. The topological polar surface area (TPSA) is 48.4 Å². The SMILES string of the molecule is COc1ccc(C(N)c2ccc(Br)o2)cc1Cl. The molecule has 0 amide bonds. The molecule has 0 aliphatic rings. The van der Waals surface area contributed by atoms with Gasteiger partial charge in [0.25, 0.3) is 0 Å². The molecule has 1 aromatic carbocycles. The van der Waals surface area contributed by atoms with Crippen LogP contribution in [0.5, 0.6) is 5.75 Å². The summed E-state index contributed by atoms with van der Waals surface area (Å²) in [6, 6.07) is 8.72. The standard InChI is InChI=1S/C12H11BrClNO2/c1-16-9-3-2-7(6-8(9)14)12(15)10-4-5-11(13)17-10/h2-6,12H,15H2,1H3. The lowest BCUT2D eigenvalue weighted by molar-refractivity contribution is 0.414. The van der Waals surface area contributed by atoms with E-state index >= 15 is 0 Å². The van der Waals surface area contributed by atoms with E-state index in [4.69, 9.17) is 26.5 Å². The first-order chi connectivity index (χ1) is 8.11. The maximum absolute atomic E-state index is 6.08. The quantitative estimate of drug-likeness (QED) is 0.938. The Kier molecular flexibility index (Phi) is 3.76. The summed E-state index contributed by atoms with van der Waals surface area (Å²) < 4.78 is 11.2. The number of benzene rings is 1. The van der Waals surface area contributed by atoms with Gasteiger partial charge in [0.1, 0.15) is 11.5 Å². The van der Waals surface area contributed by atoms with E-state index in [-0.39, 0.29) is 6.04 Å². The van der Waals surface area contributed by atoms with Gasteiger partial charge in [-0.25, -0.2) is 0 Å². The van der Waals surface area contributed by atoms with E-state index in [1.807, 2.05) is 12.1 Å². The molecule has 0 spiro atoms. The molecular weight excluding hydrogens is 305 g/mol. The fraction of sp³-hybridized carbons (Fsp3) is 0.167. The van der Waals surface area contributed by atoms with Gasteiger partial charge in [0.2, 0.25) is 0 Å². The van der Waals surface area contributed by atoms with Gasteiger partial charge in [0.05, 0.1) is 18.2 Å². The molecule has 1 heterocycles. The number of nitrogens with two attached hydrogens (primary N) is 1. The Hall–Kier alpha value is -0.970. The zero-order valence-electron chi connectivity index (χ0n) is 9.11. The van der Waals surface area contributed by atoms with Crippen molar-refractivity contribution in [3.05, 3.63) is 51.3 Å². The molecule has 2 N–H and O–H groups in total. The molecule has 0 saturated carbocycles. The average molecular weight is 317 g/mol. The second-order valence-electron chi connectivity index (χ2n) is 3.51. The second-order valence-corrected chi connectivity index (χ2v) is 4.70. The second kappa shape index (κ2) is 5.12. The first-order valence-corrected chi connectivity index (χ1v) is 6.13. The molecule has 0 aliphatic carbocycles. The number of rotatable bonds is 3. The lowest BCUT2D eigenvalue weighted by atomic mass is 10.1. The maximum atomic E-state index is 6.08. The van der Waals surface area contributed by atoms with Crippen molar-refractivity contribution in [2.24, 2.45) is 5.73 Å². The Bertz CT molecular complexity index is 527. The molecule has 17 heavy (non-hydrogen) atoms. The van der Waals surface area contributed by atoms with E-state index in [2.05, 4.69) is 15.9 Å². The highest BCUT2D eigenvalue weighted by Crippen LogP contribution is 2.30. The van der Waals surface area contributed by atoms with Crippen molar-refractivity contribution in [3.63, 3.8) is 0 Å². The van der Waals surface area contributed by atoms with Crippen LogP contribution in [-0.4, -0.2) is 7.11 Å². The van der Waals surface area contributed by atoms with Crippen molar-refractivity contribution in [3.8, 4) is 5.75 Å². The van der Waals surface area contributed by atoms with Crippen LogP contribution in [0.4, 0.5) is 0 Å². The fourth-order valence-corrected chi connectivity index (χ4v) is 2.12. The number of halogens is 2. The van der Waals surface area contributed by atoms with Crippen molar-refractivity contribution in [2.75, 3.05) is 7.11 Å². The molecular formula is C12H11BrClNO2. The van der Waals surface area contributed by atoms with Gasteiger partial charge in [0.15, 0.2) is 4.67 Å². The van der Waals surface area contributed by atoms with E-state index in [1.165, 1.54) is 0 Å². The molecule has 0 aliphatic heterocycles. The minimum absolute atomic E-state index is 0.343. The van der Waals surface area contributed by atoms with E-state index in [0.29, 0.717) is 21.2 Å². The van der Waals surface area contributed by atoms with Gasteiger partial charge in [-0.3, -0.25) is 0 Å². The van der Waals surface area contributed by atoms with Crippen molar-refractivity contribution < 1.29 is 9.15 Å². The summed E-state index contributed by atoms with van der Waals surface area (Å²) in [5.74, 6) is 1.31. The van der Waals surface area contributed by atoms with Crippen LogP contribution in [0, 0.1) is 0 Å². The van der Waals surface area contributed by atoms with E-state index in [1.54, 1.807) is 25.3 Å². The van der Waals surface area contributed by atoms with Crippen molar-refractivity contribution in [1.82, 2.24) is 0 Å². The predicted octanol–water partition coefficient (Wildman–Crippen LogP) is 3.75. The van der Waals surface area contributed by atoms with Crippen molar-refractivity contribution in [1.29, 1.82) is 0 Å².